The number of aryl methyl sites for hydroxylation is 1. The minimum absolute atomic E-state index is 0.290. The van der Waals surface area contributed by atoms with Crippen LogP contribution in [0.4, 0.5) is 5.69 Å². The van der Waals surface area contributed by atoms with E-state index in [4.69, 9.17) is 4.74 Å². The first kappa shape index (κ1) is 22.8. The summed E-state index contributed by atoms with van der Waals surface area (Å²) in [6.07, 6.45) is 4.58. The highest BCUT2D eigenvalue weighted by molar-refractivity contribution is 6.01. The lowest BCUT2D eigenvalue weighted by molar-refractivity contribution is -0.118. The zero-order valence-corrected chi connectivity index (χ0v) is 18.8. The number of hydrogen-bond donors (Lipinski definition) is 3. The molecule has 4 aromatic rings. The molecule has 34 heavy (non-hydrogen) atoms. The summed E-state index contributed by atoms with van der Waals surface area (Å²) >= 11 is 0. The molecule has 3 N–H and O–H groups in total. The van der Waals surface area contributed by atoms with Gasteiger partial charge in [0.2, 0.25) is 5.91 Å². The molecule has 0 fully saturated rings. The first-order chi connectivity index (χ1) is 16.6. The van der Waals surface area contributed by atoms with Gasteiger partial charge < -0.3 is 15.4 Å². The third-order valence-electron chi connectivity index (χ3n) is 5.50. The molecular formula is C27H26N4O3. The fourth-order valence-electron chi connectivity index (χ4n) is 3.69. The van der Waals surface area contributed by atoms with E-state index in [2.05, 4.69) is 20.8 Å². The summed E-state index contributed by atoms with van der Waals surface area (Å²) in [5.41, 5.74) is 3.91. The van der Waals surface area contributed by atoms with Crippen molar-refractivity contribution in [3.05, 3.63) is 102 Å². The van der Waals surface area contributed by atoms with Gasteiger partial charge in [-0.25, -0.2) is 0 Å². The van der Waals surface area contributed by atoms with Gasteiger partial charge in [-0.05, 0) is 42.7 Å². The molecule has 1 atom stereocenters. The highest BCUT2D eigenvalue weighted by Crippen LogP contribution is 2.32. The molecule has 172 valence electrons. The number of ether oxygens (including phenoxy) is 1. The normalized spacial score (nSPS) is 11.4. The van der Waals surface area contributed by atoms with E-state index >= 15 is 0 Å². The number of carbonyl (C=O) groups excluding carboxylic acids is 2. The highest BCUT2D eigenvalue weighted by Gasteiger charge is 2.22. The topological polar surface area (TPSA) is 96.1 Å². The quantitative estimate of drug-likeness (QED) is 0.348. The predicted octanol–water partition coefficient (Wildman–Crippen LogP) is 4.46. The zero-order chi connectivity index (χ0) is 23.8. The van der Waals surface area contributed by atoms with Crippen molar-refractivity contribution in [2.75, 3.05) is 12.4 Å². The van der Waals surface area contributed by atoms with Crippen molar-refractivity contribution in [1.82, 2.24) is 15.5 Å². The van der Waals surface area contributed by atoms with E-state index in [-0.39, 0.29) is 11.8 Å². The van der Waals surface area contributed by atoms with E-state index in [0.717, 1.165) is 16.7 Å². The molecule has 1 aromatic heterocycles. The molecular weight excluding hydrogens is 428 g/mol. The van der Waals surface area contributed by atoms with Crippen molar-refractivity contribution in [1.29, 1.82) is 0 Å². The van der Waals surface area contributed by atoms with Gasteiger partial charge >= 0.3 is 0 Å². The molecule has 7 heteroatoms. The Morgan fingerprint density at radius 1 is 1.00 bits per heavy atom. The molecule has 0 radical (unpaired) electrons. The summed E-state index contributed by atoms with van der Waals surface area (Å²) in [4.78, 5) is 26.0. The van der Waals surface area contributed by atoms with Crippen LogP contribution >= 0.6 is 0 Å². The van der Waals surface area contributed by atoms with Crippen molar-refractivity contribution in [3.63, 3.8) is 0 Å². The minimum Gasteiger partial charge on any atom is -0.496 e. The van der Waals surface area contributed by atoms with Gasteiger partial charge in [0.25, 0.3) is 5.91 Å². The number of rotatable bonds is 9. The van der Waals surface area contributed by atoms with E-state index in [9.17, 15) is 9.59 Å². The third-order valence-corrected chi connectivity index (χ3v) is 5.50. The van der Waals surface area contributed by atoms with Crippen LogP contribution < -0.4 is 15.4 Å². The fourth-order valence-corrected chi connectivity index (χ4v) is 3.69. The Labute approximate surface area is 198 Å². The number of nitrogens with zero attached hydrogens (tertiary/aromatic N) is 1. The van der Waals surface area contributed by atoms with Crippen molar-refractivity contribution >= 4 is 17.5 Å². The SMILES string of the molecule is COc1cc(NC(=O)C(CCc2ccccc2)NC(=O)c2ccccc2)ccc1-c1cn[nH]c1. The largest absolute Gasteiger partial charge is 0.496 e. The van der Waals surface area contributed by atoms with E-state index < -0.39 is 6.04 Å². The van der Waals surface area contributed by atoms with Crippen LogP contribution in [0, 0.1) is 0 Å². The summed E-state index contributed by atoms with van der Waals surface area (Å²) < 4.78 is 5.52. The number of carbonyl (C=O) groups is 2. The monoisotopic (exact) mass is 454 g/mol. The standard InChI is InChI=1S/C27H26N4O3/c1-34-25-16-22(13-14-23(25)21-17-28-29-18-21)30-27(33)24(15-12-19-8-4-2-5-9-19)31-26(32)20-10-6-3-7-11-20/h2-11,13-14,16-18,24H,12,15H2,1H3,(H,28,29)(H,30,33)(H,31,32). The Morgan fingerprint density at radius 2 is 1.74 bits per heavy atom. The second-order valence-corrected chi connectivity index (χ2v) is 7.81. The summed E-state index contributed by atoms with van der Waals surface area (Å²) in [6, 6.07) is 23.5. The maximum Gasteiger partial charge on any atom is 0.251 e. The molecule has 1 unspecified atom stereocenters. The first-order valence-electron chi connectivity index (χ1n) is 11.0. The number of hydrogen-bond acceptors (Lipinski definition) is 4. The van der Waals surface area contributed by atoms with Gasteiger partial charge in [-0.1, -0.05) is 48.5 Å². The summed E-state index contributed by atoms with van der Waals surface area (Å²) in [7, 11) is 1.58. The molecule has 0 aliphatic rings. The molecule has 7 nitrogen and oxygen atoms in total. The van der Waals surface area contributed by atoms with Crippen LogP contribution in [-0.2, 0) is 11.2 Å². The minimum atomic E-state index is -0.715. The molecule has 0 aliphatic heterocycles. The van der Waals surface area contributed by atoms with E-state index in [1.54, 1.807) is 55.9 Å². The second kappa shape index (κ2) is 11.0. The molecule has 4 rings (SSSR count). The first-order valence-corrected chi connectivity index (χ1v) is 11.0. The molecule has 0 saturated carbocycles. The summed E-state index contributed by atoms with van der Waals surface area (Å²) in [5, 5.41) is 12.6. The maximum atomic E-state index is 13.2. The number of benzene rings is 3. The molecule has 0 saturated heterocycles. The highest BCUT2D eigenvalue weighted by atomic mass is 16.5. The van der Waals surface area contributed by atoms with Gasteiger partial charge in [-0.2, -0.15) is 5.10 Å². The summed E-state index contributed by atoms with van der Waals surface area (Å²) in [5.74, 6) is 0.0216. The predicted molar refractivity (Wildman–Crippen MR) is 132 cm³/mol. The zero-order valence-electron chi connectivity index (χ0n) is 18.8. The van der Waals surface area contributed by atoms with E-state index in [0.29, 0.717) is 29.8 Å². The fraction of sp³-hybridized carbons (Fsp3) is 0.148. The molecule has 3 aromatic carbocycles. The smallest absolute Gasteiger partial charge is 0.251 e. The number of H-pyrrole nitrogens is 1. The van der Waals surface area contributed by atoms with Crippen molar-refractivity contribution < 1.29 is 14.3 Å². The van der Waals surface area contributed by atoms with Crippen LogP contribution in [0.5, 0.6) is 5.75 Å². The number of amides is 2. The van der Waals surface area contributed by atoms with Gasteiger partial charge in [0.15, 0.2) is 0 Å². The molecule has 1 heterocycles. The lowest BCUT2D eigenvalue weighted by atomic mass is 10.0. The number of aromatic nitrogens is 2. The second-order valence-electron chi connectivity index (χ2n) is 7.81. The van der Waals surface area contributed by atoms with Crippen molar-refractivity contribution in [2.24, 2.45) is 0 Å². The third kappa shape index (κ3) is 5.69. The lowest BCUT2D eigenvalue weighted by Crippen LogP contribution is -2.44. The lowest BCUT2D eigenvalue weighted by Gasteiger charge is -2.19. The van der Waals surface area contributed by atoms with Crippen molar-refractivity contribution in [2.45, 2.75) is 18.9 Å². The van der Waals surface area contributed by atoms with Crippen LogP contribution in [0.25, 0.3) is 11.1 Å². The molecule has 0 bridgehead atoms. The molecule has 0 aliphatic carbocycles. The van der Waals surface area contributed by atoms with Crippen LogP contribution in [0.3, 0.4) is 0 Å². The Kier molecular flexibility index (Phi) is 7.35. The number of methoxy groups -OCH3 is 1. The number of nitrogens with one attached hydrogen (secondary N) is 3. The maximum absolute atomic E-state index is 13.2. The van der Waals surface area contributed by atoms with Crippen LogP contribution in [0.15, 0.2) is 91.3 Å². The van der Waals surface area contributed by atoms with E-state index in [1.165, 1.54) is 0 Å². The van der Waals surface area contributed by atoms with Gasteiger partial charge in [-0.15, -0.1) is 0 Å². The van der Waals surface area contributed by atoms with Gasteiger partial charge in [-0.3, -0.25) is 14.7 Å². The Bertz CT molecular complexity index is 1230. The number of anilines is 1. The Balaban J connectivity index is 1.51. The van der Waals surface area contributed by atoms with Crippen LogP contribution in [0.2, 0.25) is 0 Å². The average Bonchev–Trinajstić information content (AvgIpc) is 3.42. The van der Waals surface area contributed by atoms with Gasteiger partial charge in [0.1, 0.15) is 11.8 Å². The Morgan fingerprint density at radius 3 is 2.41 bits per heavy atom. The average molecular weight is 455 g/mol. The van der Waals surface area contributed by atoms with E-state index in [1.807, 2.05) is 42.5 Å². The molecule has 2 amide bonds. The van der Waals surface area contributed by atoms with Gasteiger partial charge in [0, 0.05) is 34.6 Å². The number of aromatic amines is 1. The Hall–Kier alpha value is -4.39. The van der Waals surface area contributed by atoms with Gasteiger partial charge in [0.05, 0.1) is 13.3 Å². The molecule has 0 spiro atoms. The van der Waals surface area contributed by atoms with Crippen LogP contribution in [-0.4, -0.2) is 35.2 Å². The van der Waals surface area contributed by atoms with Crippen molar-refractivity contribution in [3.8, 4) is 16.9 Å². The summed E-state index contributed by atoms with van der Waals surface area (Å²) in [6.45, 7) is 0. The van der Waals surface area contributed by atoms with Crippen LogP contribution in [0.1, 0.15) is 22.3 Å².